The summed E-state index contributed by atoms with van der Waals surface area (Å²) in [6.07, 6.45) is 0.700. The molecule has 0 N–H and O–H groups in total. The highest BCUT2D eigenvalue weighted by Crippen LogP contribution is 2.16. The molecule has 0 aliphatic carbocycles. The first-order valence-electron chi connectivity index (χ1n) is 5.23. The lowest BCUT2D eigenvalue weighted by molar-refractivity contribution is 0.0598. The van der Waals surface area contributed by atoms with Crippen LogP contribution in [0, 0.1) is 13.8 Å². The van der Waals surface area contributed by atoms with E-state index >= 15 is 0 Å². The van der Waals surface area contributed by atoms with Crippen LogP contribution >= 0.6 is 0 Å². The van der Waals surface area contributed by atoms with Crippen LogP contribution in [-0.2, 0) is 18.2 Å². The van der Waals surface area contributed by atoms with E-state index in [9.17, 15) is 9.59 Å². The third kappa shape index (κ3) is 1.75. The van der Waals surface area contributed by atoms with Crippen molar-refractivity contribution < 1.29 is 9.53 Å². The second-order valence-corrected chi connectivity index (χ2v) is 3.77. The highest BCUT2D eigenvalue weighted by molar-refractivity contribution is 5.92. The molecule has 4 nitrogen and oxygen atoms in total. The SMILES string of the molecule is CCc1c(C(=O)OC)c(C)c(=O)n(C)c1C. The van der Waals surface area contributed by atoms with Gasteiger partial charge in [-0.25, -0.2) is 4.79 Å². The van der Waals surface area contributed by atoms with Crippen LogP contribution < -0.4 is 5.56 Å². The summed E-state index contributed by atoms with van der Waals surface area (Å²) >= 11 is 0. The third-order valence-corrected chi connectivity index (χ3v) is 2.99. The van der Waals surface area contributed by atoms with Crippen molar-refractivity contribution in [3.05, 3.63) is 32.7 Å². The Balaban J connectivity index is 3.71. The highest BCUT2D eigenvalue weighted by Gasteiger charge is 2.20. The van der Waals surface area contributed by atoms with E-state index in [1.54, 1.807) is 18.5 Å². The molecule has 0 saturated heterocycles. The number of carbonyl (C=O) groups is 1. The van der Waals surface area contributed by atoms with E-state index < -0.39 is 5.97 Å². The number of carbonyl (C=O) groups excluding carboxylic acids is 1. The Morgan fingerprint density at radius 2 is 1.94 bits per heavy atom. The molecule has 0 amide bonds. The molecule has 88 valence electrons. The molecule has 1 aromatic heterocycles. The van der Waals surface area contributed by atoms with Crippen molar-refractivity contribution in [3.8, 4) is 0 Å². The molecular formula is C12H17NO3. The van der Waals surface area contributed by atoms with Crippen molar-refractivity contribution >= 4 is 5.97 Å². The van der Waals surface area contributed by atoms with E-state index in [1.807, 2.05) is 13.8 Å². The lowest BCUT2D eigenvalue weighted by atomic mass is 9.99. The van der Waals surface area contributed by atoms with Crippen molar-refractivity contribution in [1.82, 2.24) is 4.57 Å². The standard InChI is InChI=1S/C12H17NO3/c1-6-9-8(3)13(4)11(14)7(2)10(9)12(15)16-5/h6H2,1-5H3. The second-order valence-electron chi connectivity index (χ2n) is 3.77. The fourth-order valence-corrected chi connectivity index (χ4v) is 1.93. The zero-order valence-corrected chi connectivity index (χ0v) is 10.4. The number of methoxy groups -OCH3 is 1. The minimum absolute atomic E-state index is 0.143. The Morgan fingerprint density at radius 3 is 2.38 bits per heavy atom. The summed E-state index contributed by atoms with van der Waals surface area (Å²) < 4.78 is 6.29. The van der Waals surface area contributed by atoms with E-state index in [0.717, 1.165) is 11.3 Å². The molecule has 0 unspecified atom stereocenters. The first-order chi connectivity index (χ1) is 7.45. The Bertz CT molecular complexity index is 486. The van der Waals surface area contributed by atoms with E-state index in [4.69, 9.17) is 4.74 Å². The fraction of sp³-hybridized carbons (Fsp3) is 0.500. The van der Waals surface area contributed by atoms with Gasteiger partial charge >= 0.3 is 5.97 Å². The third-order valence-electron chi connectivity index (χ3n) is 2.99. The maximum atomic E-state index is 11.9. The van der Waals surface area contributed by atoms with Gasteiger partial charge in [0.05, 0.1) is 12.7 Å². The lowest BCUT2D eigenvalue weighted by Gasteiger charge is -2.15. The van der Waals surface area contributed by atoms with E-state index in [-0.39, 0.29) is 5.56 Å². The predicted molar refractivity (Wildman–Crippen MR) is 61.9 cm³/mol. The summed E-state index contributed by atoms with van der Waals surface area (Å²) in [5.41, 5.74) is 2.43. The van der Waals surface area contributed by atoms with Crippen LogP contribution in [0.1, 0.15) is 34.1 Å². The van der Waals surface area contributed by atoms with Gasteiger partial charge in [0.25, 0.3) is 5.56 Å². The Morgan fingerprint density at radius 1 is 1.38 bits per heavy atom. The van der Waals surface area contributed by atoms with Crippen LogP contribution in [0.25, 0.3) is 0 Å². The van der Waals surface area contributed by atoms with E-state index in [2.05, 4.69) is 0 Å². The number of aromatic nitrogens is 1. The lowest BCUT2D eigenvalue weighted by Crippen LogP contribution is -2.27. The minimum Gasteiger partial charge on any atom is -0.465 e. The van der Waals surface area contributed by atoms with Crippen LogP contribution in [-0.4, -0.2) is 17.6 Å². The first kappa shape index (κ1) is 12.5. The highest BCUT2D eigenvalue weighted by atomic mass is 16.5. The van der Waals surface area contributed by atoms with Crippen LogP contribution in [0.2, 0.25) is 0 Å². The smallest absolute Gasteiger partial charge is 0.338 e. The number of rotatable bonds is 2. The van der Waals surface area contributed by atoms with Gasteiger partial charge in [-0.2, -0.15) is 0 Å². The molecule has 0 aliphatic rings. The Kier molecular flexibility index (Phi) is 3.52. The molecule has 0 aromatic carbocycles. The van der Waals surface area contributed by atoms with Gasteiger partial charge in [0.2, 0.25) is 0 Å². The summed E-state index contributed by atoms with van der Waals surface area (Å²) in [7, 11) is 3.04. The van der Waals surface area contributed by atoms with Gasteiger partial charge in [-0.05, 0) is 25.8 Å². The molecule has 0 bridgehead atoms. The molecule has 0 atom stereocenters. The van der Waals surface area contributed by atoms with Gasteiger partial charge in [-0.3, -0.25) is 4.79 Å². The maximum Gasteiger partial charge on any atom is 0.338 e. The Labute approximate surface area is 94.9 Å². The zero-order valence-electron chi connectivity index (χ0n) is 10.4. The number of hydrogen-bond donors (Lipinski definition) is 0. The number of pyridine rings is 1. The number of nitrogens with zero attached hydrogens (tertiary/aromatic N) is 1. The van der Waals surface area contributed by atoms with Gasteiger partial charge < -0.3 is 9.30 Å². The molecule has 0 aliphatic heterocycles. The minimum atomic E-state index is -0.435. The molecule has 0 fully saturated rings. The molecule has 0 saturated carbocycles. The zero-order chi connectivity index (χ0) is 12.5. The number of esters is 1. The topological polar surface area (TPSA) is 48.3 Å². The first-order valence-corrected chi connectivity index (χ1v) is 5.23. The van der Waals surface area contributed by atoms with Crippen LogP contribution in [0.5, 0.6) is 0 Å². The van der Waals surface area contributed by atoms with Crippen molar-refractivity contribution in [2.75, 3.05) is 7.11 Å². The van der Waals surface area contributed by atoms with Gasteiger partial charge in [-0.1, -0.05) is 6.92 Å². The molecule has 0 radical (unpaired) electrons. The summed E-state index contributed by atoms with van der Waals surface area (Å²) in [6.45, 7) is 5.46. The summed E-state index contributed by atoms with van der Waals surface area (Å²) in [4.78, 5) is 23.5. The fourth-order valence-electron chi connectivity index (χ4n) is 1.93. The molecular weight excluding hydrogens is 206 g/mol. The number of ether oxygens (including phenoxy) is 1. The summed E-state index contributed by atoms with van der Waals surface area (Å²) in [5, 5.41) is 0. The predicted octanol–water partition coefficient (Wildman–Crippen LogP) is 1.35. The van der Waals surface area contributed by atoms with E-state index in [0.29, 0.717) is 17.5 Å². The molecule has 16 heavy (non-hydrogen) atoms. The average Bonchev–Trinajstić information content (AvgIpc) is 2.29. The van der Waals surface area contributed by atoms with Gasteiger partial charge in [-0.15, -0.1) is 0 Å². The van der Waals surface area contributed by atoms with E-state index in [1.165, 1.54) is 7.11 Å². The Hall–Kier alpha value is -1.58. The molecule has 0 spiro atoms. The molecule has 4 heteroatoms. The second kappa shape index (κ2) is 4.51. The van der Waals surface area contributed by atoms with Crippen molar-refractivity contribution in [1.29, 1.82) is 0 Å². The quantitative estimate of drug-likeness (QED) is 0.711. The van der Waals surface area contributed by atoms with Gasteiger partial charge in [0, 0.05) is 18.3 Å². The van der Waals surface area contributed by atoms with Gasteiger partial charge in [0.15, 0.2) is 0 Å². The van der Waals surface area contributed by atoms with Crippen molar-refractivity contribution in [2.24, 2.45) is 7.05 Å². The molecule has 1 rings (SSSR count). The average molecular weight is 223 g/mol. The van der Waals surface area contributed by atoms with Crippen LogP contribution in [0.3, 0.4) is 0 Å². The van der Waals surface area contributed by atoms with Crippen molar-refractivity contribution in [3.63, 3.8) is 0 Å². The van der Waals surface area contributed by atoms with Crippen molar-refractivity contribution in [2.45, 2.75) is 27.2 Å². The normalized spacial score (nSPS) is 10.3. The summed E-state index contributed by atoms with van der Waals surface area (Å²) in [6, 6.07) is 0. The molecule has 1 heterocycles. The maximum absolute atomic E-state index is 11.9. The van der Waals surface area contributed by atoms with Crippen LogP contribution in [0.4, 0.5) is 0 Å². The molecule has 1 aromatic rings. The van der Waals surface area contributed by atoms with Gasteiger partial charge in [0.1, 0.15) is 0 Å². The number of hydrogen-bond acceptors (Lipinski definition) is 3. The van der Waals surface area contributed by atoms with Crippen LogP contribution in [0.15, 0.2) is 4.79 Å². The monoisotopic (exact) mass is 223 g/mol. The largest absolute Gasteiger partial charge is 0.465 e. The summed E-state index contributed by atoms with van der Waals surface area (Å²) in [5.74, 6) is -0.435.